The summed E-state index contributed by atoms with van der Waals surface area (Å²) in [4.78, 5) is 9.46. The number of aryl methyl sites for hydroxylation is 1. The normalized spacial score (nSPS) is 10.3. The van der Waals surface area contributed by atoms with Crippen LogP contribution in [0.2, 0.25) is 0 Å². The second-order valence-corrected chi connectivity index (χ2v) is 4.88. The average Bonchev–Trinajstić information content (AvgIpc) is 2.73. The second-order valence-electron chi connectivity index (χ2n) is 3.15. The molecular formula is C10H10BrN3S. The quantitative estimate of drug-likeness (QED) is 0.879. The Hall–Kier alpha value is -0.940. The van der Waals surface area contributed by atoms with Gasteiger partial charge in [-0.1, -0.05) is 0 Å². The fraction of sp³-hybridized carbons (Fsp3) is 0.200. The molecule has 0 amide bonds. The molecule has 0 radical (unpaired) electrons. The third kappa shape index (κ3) is 2.76. The molecule has 0 bridgehead atoms. The largest absolute Gasteiger partial charge is 0.379 e. The minimum absolute atomic E-state index is 0.799. The van der Waals surface area contributed by atoms with E-state index in [0.717, 1.165) is 22.4 Å². The van der Waals surface area contributed by atoms with Crippen molar-refractivity contribution < 1.29 is 0 Å². The van der Waals surface area contributed by atoms with Crippen LogP contribution in [0.25, 0.3) is 0 Å². The molecule has 2 heterocycles. The van der Waals surface area contributed by atoms with Crippen molar-refractivity contribution in [2.45, 2.75) is 13.5 Å². The van der Waals surface area contributed by atoms with E-state index in [0.29, 0.717) is 0 Å². The minimum atomic E-state index is 0.799. The summed E-state index contributed by atoms with van der Waals surface area (Å²) in [5.41, 5.74) is 4.00. The zero-order valence-electron chi connectivity index (χ0n) is 8.20. The fourth-order valence-electron chi connectivity index (χ4n) is 1.17. The number of anilines is 1. The Bertz CT molecular complexity index is 442. The highest BCUT2D eigenvalue weighted by molar-refractivity contribution is 9.10. The van der Waals surface area contributed by atoms with Crippen LogP contribution < -0.4 is 5.32 Å². The van der Waals surface area contributed by atoms with Crippen LogP contribution in [0.1, 0.15) is 10.4 Å². The Morgan fingerprint density at radius 2 is 2.33 bits per heavy atom. The molecule has 2 aromatic rings. The SMILES string of the molecule is Cc1cc(NCc2cncs2)cnc1Br. The number of hydrogen-bond donors (Lipinski definition) is 1. The molecule has 5 heteroatoms. The first-order chi connectivity index (χ1) is 7.25. The van der Waals surface area contributed by atoms with Gasteiger partial charge in [-0.2, -0.15) is 0 Å². The van der Waals surface area contributed by atoms with Crippen molar-refractivity contribution >= 4 is 33.0 Å². The van der Waals surface area contributed by atoms with Gasteiger partial charge in [0.25, 0.3) is 0 Å². The van der Waals surface area contributed by atoms with Gasteiger partial charge in [0, 0.05) is 11.1 Å². The molecule has 0 spiro atoms. The highest BCUT2D eigenvalue weighted by atomic mass is 79.9. The van der Waals surface area contributed by atoms with Crippen molar-refractivity contribution in [2.75, 3.05) is 5.32 Å². The van der Waals surface area contributed by atoms with Crippen LogP contribution in [0.5, 0.6) is 0 Å². The molecule has 2 rings (SSSR count). The zero-order chi connectivity index (χ0) is 10.7. The maximum atomic E-state index is 4.22. The van der Waals surface area contributed by atoms with Crippen LogP contribution in [-0.4, -0.2) is 9.97 Å². The third-order valence-corrected chi connectivity index (χ3v) is 3.57. The monoisotopic (exact) mass is 283 g/mol. The molecule has 0 saturated carbocycles. The lowest BCUT2D eigenvalue weighted by atomic mass is 10.3. The molecule has 0 fully saturated rings. The van der Waals surface area contributed by atoms with E-state index in [9.17, 15) is 0 Å². The first-order valence-corrected chi connectivity index (χ1v) is 6.16. The Labute approximate surface area is 101 Å². The summed E-state index contributed by atoms with van der Waals surface area (Å²) in [6.45, 7) is 2.82. The van der Waals surface area contributed by atoms with Crippen molar-refractivity contribution in [3.8, 4) is 0 Å². The molecule has 15 heavy (non-hydrogen) atoms. The van der Waals surface area contributed by atoms with Gasteiger partial charge in [-0.05, 0) is 34.5 Å². The van der Waals surface area contributed by atoms with Gasteiger partial charge in [0.15, 0.2) is 0 Å². The molecule has 0 aliphatic rings. The number of nitrogens with one attached hydrogen (secondary N) is 1. The standard InChI is InChI=1S/C10H10BrN3S/c1-7-2-8(3-14-10(7)11)13-5-9-4-12-6-15-9/h2-4,6,13H,5H2,1H3. The summed E-state index contributed by atoms with van der Waals surface area (Å²) in [7, 11) is 0. The van der Waals surface area contributed by atoms with E-state index in [2.05, 4.69) is 37.3 Å². The van der Waals surface area contributed by atoms with E-state index in [1.165, 1.54) is 4.88 Å². The lowest BCUT2D eigenvalue weighted by Crippen LogP contribution is -1.98. The van der Waals surface area contributed by atoms with E-state index < -0.39 is 0 Å². The first kappa shape index (κ1) is 10.6. The Balaban J connectivity index is 2.02. The highest BCUT2D eigenvalue weighted by Gasteiger charge is 1.99. The molecule has 0 unspecified atom stereocenters. The van der Waals surface area contributed by atoms with Gasteiger partial charge in [-0.15, -0.1) is 11.3 Å². The van der Waals surface area contributed by atoms with Gasteiger partial charge < -0.3 is 5.32 Å². The first-order valence-electron chi connectivity index (χ1n) is 4.49. The molecule has 0 saturated heterocycles. The van der Waals surface area contributed by atoms with Crippen LogP contribution in [0.4, 0.5) is 5.69 Å². The topological polar surface area (TPSA) is 37.8 Å². The van der Waals surface area contributed by atoms with Gasteiger partial charge in [-0.3, -0.25) is 4.98 Å². The lowest BCUT2D eigenvalue weighted by Gasteiger charge is -2.05. The van der Waals surface area contributed by atoms with Crippen LogP contribution in [0, 0.1) is 6.92 Å². The zero-order valence-corrected chi connectivity index (χ0v) is 10.6. The molecule has 78 valence electrons. The molecular weight excluding hydrogens is 274 g/mol. The highest BCUT2D eigenvalue weighted by Crippen LogP contribution is 2.17. The Morgan fingerprint density at radius 3 is 3.00 bits per heavy atom. The van der Waals surface area contributed by atoms with E-state index in [1.807, 2.05) is 24.8 Å². The Kier molecular flexibility index (Phi) is 3.33. The third-order valence-electron chi connectivity index (χ3n) is 1.96. The smallest absolute Gasteiger partial charge is 0.109 e. The molecule has 3 nitrogen and oxygen atoms in total. The van der Waals surface area contributed by atoms with Gasteiger partial charge in [0.05, 0.1) is 23.9 Å². The van der Waals surface area contributed by atoms with Crippen molar-refractivity contribution in [3.05, 3.63) is 39.0 Å². The van der Waals surface area contributed by atoms with Gasteiger partial charge >= 0.3 is 0 Å². The second kappa shape index (κ2) is 4.72. The minimum Gasteiger partial charge on any atom is -0.379 e. The predicted molar refractivity (Wildman–Crippen MR) is 66.1 cm³/mol. The van der Waals surface area contributed by atoms with Crippen molar-refractivity contribution in [3.63, 3.8) is 0 Å². The summed E-state index contributed by atoms with van der Waals surface area (Å²) in [5.74, 6) is 0. The maximum absolute atomic E-state index is 4.22. The molecule has 0 aromatic carbocycles. The number of hydrogen-bond acceptors (Lipinski definition) is 4. The molecule has 0 atom stereocenters. The number of rotatable bonds is 3. The number of nitrogens with zero attached hydrogens (tertiary/aromatic N) is 2. The Morgan fingerprint density at radius 1 is 1.47 bits per heavy atom. The van der Waals surface area contributed by atoms with Gasteiger partial charge in [0.2, 0.25) is 0 Å². The average molecular weight is 284 g/mol. The van der Waals surface area contributed by atoms with Crippen molar-refractivity contribution in [1.29, 1.82) is 0 Å². The number of halogens is 1. The van der Waals surface area contributed by atoms with E-state index >= 15 is 0 Å². The summed E-state index contributed by atoms with van der Waals surface area (Å²) in [5, 5.41) is 3.30. The van der Waals surface area contributed by atoms with Crippen LogP contribution in [0.3, 0.4) is 0 Å². The molecule has 1 N–H and O–H groups in total. The summed E-state index contributed by atoms with van der Waals surface area (Å²) < 4.78 is 0.894. The summed E-state index contributed by atoms with van der Waals surface area (Å²) >= 11 is 5.02. The summed E-state index contributed by atoms with van der Waals surface area (Å²) in [6, 6.07) is 2.07. The van der Waals surface area contributed by atoms with Gasteiger partial charge in [-0.25, -0.2) is 4.98 Å². The van der Waals surface area contributed by atoms with E-state index in [-0.39, 0.29) is 0 Å². The van der Waals surface area contributed by atoms with Crippen LogP contribution >= 0.6 is 27.3 Å². The molecule has 2 aromatic heterocycles. The molecule has 0 aliphatic heterocycles. The number of aromatic nitrogens is 2. The number of thiazole rings is 1. The van der Waals surface area contributed by atoms with Crippen LogP contribution in [-0.2, 0) is 6.54 Å². The van der Waals surface area contributed by atoms with Gasteiger partial charge in [0.1, 0.15) is 4.60 Å². The van der Waals surface area contributed by atoms with Crippen LogP contribution in [0.15, 0.2) is 28.6 Å². The van der Waals surface area contributed by atoms with E-state index in [1.54, 1.807) is 11.3 Å². The predicted octanol–water partition coefficient (Wildman–Crippen LogP) is 3.22. The summed E-state index contributed by atoms with van der Waals surface area (Å²) in [6.07, 6.45) is 3.69. The lowest BCUT2D eigenvalue weighted by molar-refractivity contribution is 1.14. The van der Waals surface area contributed by atoms with Crippen molar-refractivity contribution in [2.24, 2.45) is 0 Å². The maximum Gasteiger partial charge on any atom is 0.109 e. The number of pyridine rings is 1. The van der Waals surface area contributed by atoms with E-state index in [4.69, 9.17) is 0 Å². The fourth-order valence-corrected chi connectivity index (χ4v) is 1.92. The molecule has 0 aliphatic carbocycles. The van der Waals surface area contributed by atoms with Crippen molar-refractivity contribution in [1.82, 2.24) is 9.97 Å².